The van der Waals surface area contributed by atoms with Crippen LogP contribution >= 0.6 is 0 Å². The first kappa shape index (κ1) is 22.8. The zero-order chi connectivity index (χ0) is 24.7. The molecule has 8 heteroatoms. The predicted molar refractivity (Wildman–Crippen MR) is 143 cm³/mol. The van der Waals surface area contributed by atoms with Crippen molar-refractivity contribution in [2.75, 3.05) is 0 Å². The number of benzene rings is 3. The molecule has 0 radical (unpaired) electrons. The molecule has 0 spiro atoms. The summed E-state index contributed by atoms with van der Waals surface area (Å²) in [6, 6.07) is 19.3. The summed E-state index contributed by atoms with van der Waals surface area (Å²) < 4.78 is 10.3. The number of rotatable bonds is 2. The molecule has 0 aliphatic heterocycles. The largest absolute Gasteiger partial charge is 2.00 e. The summed E-state index contributed by atoms with van der Waals surface area (Å²) >= 11 is 0. The van der Waals surface area contributed by atoms with Crippen molar-refractivity contribution in [1.82, 2.24) is 28.7 Å². The van der Waals surface area contributed by atoms with E-state index in [-0.39, 0.29) is 21.1 Å². The summed E-state index contributed by atoms with van der Waals surface area (Å²) in [7, 11) is 0. The van der Waals surface area contributed by atoms with E-state index < -0.39 is 0 Å². The molecule has 8 rings (SSSR count). The van der Waals surface area contributed by atoms with Crippen LogP contribution in [0.4, 0.5) is 0 Å². The van der Waals surface area contributed by atoms with Gasteiger partial charge in [-0.15, -0.1) is 12.1 Å². The number of ether oxygens (including phenoxy) is 1. The molecule has 0 aliphatic rings. The van der Waals surface area contributed by atoms with Crippen molar-refractivity contribution < 1.29 is 25.8 Å². The maximum Gasteiger partial charge on any atom is 2.00 e. The van der Waals surface area contributed by atoms with Crippen molar-refractivity contribution in [2.24, 2.45) is 0 Å². The zero-order valence-corrected chi connectivity index (χ0v) is 22.6. The minimum Gasteiger partial charge on any atom is -0.497 e. The van der Waals surface area contributed by atoms with Crippen LogP contribution in [0.1, 0.15) is 11.1 Å². The molecule has 5 heterocycles. The van der Waals surface area contributed by atoms with E-state index in [0.29, 0.717) is 11.5 Å². The summed E-state index contributed by atoms with van der Waals surface area (Å²) in [5, 5.41) is 4.92. The number of fused-ring (bicyclic) bond motifs is 12. The van der Waals surface area contributed by atoms with Crippen molar-refractivity contribution in [3.05, 3.63) is 96.8 Å². The van der Waals surface area contributed by atoms with Crippen LogP contribution in [0.15, 0.2) is 73.6 Å². The van der Waals surface area contributed by atoms with Crippen LogP contribution in [0.2, 0.25) is 0 Å². The fourth-order valence-corrected chi connectivity index (χ4v) is 5.22. The Balaban J connectivity index is 0.00000242. The van der Waals surface area contributed by atoms with Gasteiger partial charge in [-0.25, -0.2) is 4.98 Å². The Bertz CT molecular complexity index is 2210. The predicted octanol–water partition coefficient (Wildman–Crippen LogP) is 6.39. The van der Waals surface area contributed by atoms with Gasteiger partial charge < -0.3 is 13.5 Å². The van der Waals surface area contributed by atoms with Gasteiger partial charge in [0.1, 0.15) is 5.65 Å². The Morgan fingerprint density at radius 3 is 2.03 bits per heavy atom. The van der Waals surface area contributed by atoms with Crippen molar-refractivity contribution in [3.63, 3.8) is 0 Å². The van der Waals surface area contributed by atoms with Gasteiger partial charge in [0.05, 0.1) is 16.8 Å². The Hall–Kier alpha value is -4.35. The van der Waals surface area contributed by atoms with Gasteiger partial charge in [-0.2, -0.15) is 0 Å². The average molecular weight is 674 g/mol. The van der Waals surface area contributed by atoms with Crippen molar-refractivity contribution in [1.29, 1.82) is 0 Å². The summed E-state index contributed by atoms with van der Waals surface area (Å²) in [5.41, 5.74) is 6.79. The molecule has 7 nitrogen and oxygen atoms in total. The number of aryl methyl sites for hydroxylation is 2. The number of aromatic nitrogens is 6. The minimum atomic E-state index is 0. The quantitative estimate of drug-likeness (QED) is 0.157. The van der Waals surface area contributed by atoms with Gasteiger partial charge in [0.25, 0.3) is 0 Å². The van der Waals surface area contributed by atoms with Crippen molar-refractivity contribution >= 4 is 54.9 Å². The molecule has 0 unspecified atom stereocenters. The van der Waals surface area contributed by atoms with Crippen LogP contribution in [0.3, 0.4) is 0 Å². The summed E-state index contributed by atoms with van der Waals surface area (Å²) in [5.74, 6) is 1.17. The number of nitrogens with zero attached hydrogens (tertiary/aromatic N) is 6. The van der Waals surface area contributed by atoms with Crippen LogP contribution in [0.5, 0.6) is 11.5 Å². The normalized spacial score (nSPS) is 11.7. The first-order chi connectivity index (χ1) is 18.2. The second-order valence-electron chi connectivity index (χ2n) is 9.25. The number of hydrogen-bond donors (Lipinski definition) is 0. The Morgan fingerprint density at radius 2 is 1.24 bits per heavy atom. The van der Waals surface area contributed by atoms with Gasteiger partial charge in [-0.05, 0) is 36.4 Å². The van der Waals surface area contributed by atoms with E-state index in [2.05, 4.69) is 68.5 Å². The van der Waals surface area contributed by atoms with Crippen molar-refractivity contribution in [2.45, 2.75) is 13.8 Å². The molecule has 0 fully saturated rings. The van der Waals surface area contributed by atoms with E-state index in [0.717, 1.165) is 49.5 Å². The van der Waals surface area contributed by atoms with Crippen molar-refractivity contribution in [3.8, 4) is 11.5 Å². The molecule has 0 atom stereocenters. The van der Waals surface area contributed by atoms with Gasteiger partial charge in [-0.3, -0.25) is 15.0 Å². The van der Waals surface area contributed by atoms with E-state index in [1.165, 1.54) is 16.5 Å². The van der Waals surface area contributed by atoms with E-state index in [1.54, 1.807) is 18.6 Å². The fourth-order valence-electron chi connectivity index (χ4n) is 5.22. The Kier molecular flexibility index (Phi) is 5.00. The molecule has 0 bridgehead atoms. The molecule has 0 N–H and O–H groups in total. The fraction of sp³-hybridized carbons (Fsp3) is 0.0667. The second kappa shape index (κ2) is 8.33. The van der Waals surface area contributed by atoms with Gasteiger partial charge >= 0.3 is 21.1 Å². The third kappa shape index (κ3) is 3.18. The van der Waals surface area contributed by atoms with Crippen LogP contribution in [-0.2, 0) is 21.1 Å². The third-order valence-corrected chi connectivity index (χ3v) is 7.11. The molecule has 8 aromatic rings. The summed E-state index contributed by atoms with van der Waals surface area (Å²) in [6.07, 6.45) is 10.8. The van der Waals surface area contributed by atoms with Crippen LogP contribution in [-0.4, -0.2) is 28.7 Å². The molecule has 184 valence electrons. The molecular formula is C30H18N6OPt. The molecule has 0 amide bonds. The third-order valence-electron chi connectivity index (χ3n) is 7.11. The maximum absolute atomic E-state index is 6.29. The van der Waals surface area contributed by atoms with Crippen LogP contribution in [0, 0.1) is 26.0 Å². The van der Waals surface area contributed by atoms with E-state index >= 15 is 0 Å². The summed E-state index contributed by atoms with van der Waals surface area (Å²) in [4.78, 5) is 18.3. The van der Waals surface area contributed by atoms with Gasteiger partial charge in [0.15, 0.2) is 0 Å². The SMILES string of the molecule is Cc1cc2c3ccc(Oc4[c-]c5c(cc4)c4nccnc4n4ccnc54)[c-]c3c3nccn3c2cc1C.[Pt+2]. The average Bonchev–Trinajstić information content (AvgIpc) is 3.61. The van der Waals surface area contributed by atoms with E-state index in [4.69, 9.17) is 4.74 Å². The zero-order valence-electron chi connectivity index (χ0n) is 20.3. The van der Waals surface area contributed by atoms with E-state index in [9.17, 15) is 0 Å². The summed E-state index contributed by atoms with van der Waals surface area (Å²) in [6.45, 7) is 4.28. The van der Waals surface area contributed by atoms with Crippen LogP contribution in [0.25, 0.3) is 54.9 Å². The second-order valence-corrected chi connectivity index (χ2v) is 9.25. The van der Waals surface area contributed by atoms with Gasteiger partial charge in [-0.1, -0.05) is 51.9 Å². The van der Waals surface area contributed by atoms with Gasteiger partial charge in [0.2, 0.25) is 0 Å². The smallest absolute Gasteiger partial charge is 0.497 e. The van der Waals surface area contributed by atoms with Gasteiger partial charge in [0, 0.05) is 54.2 Å². The Labute approximate surface area is 231 Å². The first-order valence-corrected chi connectivity index (χ1v) is 12.0. The number of imidazole rings is 2. The minimum absolute atomic E-state index is 0. The molecular weight excluding hydrogens is 655 g/mol. The Morgan fingerprint density at radius 1 is 0.632 bits per heavy atom. The molecule has 0 saturated heterocycles. The molecule has 3 aromatic carbocycles. The topological polar surface area (TPSA) is 69.6 Å². The molecule has 38 heavy (non-hydrogen) atoms. The first-order valence-electron chi connectivity index (χ1n) is 12.0. The van der Waals surface area contributed by atoms with E-state index in [1.807, 2.05) is 41.2 Å². The molecule has 0 saturated carbocycles. The molecule has 0 aliphatic carbocycles. The number of hydrogen-bond acceptors (Lipinski definition) is 5. The number of pyridine rings is 2. The maximum atomic E-state index is 6.29. The standard InChI is InChI=1S/C30H18N6O.Pt/c1-17-13-23-21-5-3-19(15-24(21)28-33-9-11-35(28)26(23)14-18(17)2)37-20-4-6-22-25(16-20)29-34-10-12-36(29)30-27(22)31-7-8-32-30;/h3-14H,1-2H3;/q-2;+2. The monoisotopic (exact) mass is 673 g/mol. The van der Waals surface area contributed by atoms with Crippen LogP contribution < -0.4 is 4.74 Å². The molecule has 5 aromatic heterocycles.